The molecule has 8 heteroatoms. The Morgan fingerprint density at radius 2 is 1.15 bits per heavy atom. The molecule has 0 fully saturated rings. The van der Waals surface area contributed by atoms with Gasteiger partial charge in [0.1, 0.15) is 0 Å². The van der Waals surface area contributed by atoms with Crippen LogP contribution in [0.1, 0.15) is 13.8 Å². The van der Waals surface area contributed by atoms with E-state index in [0.29, 0.717) is 0 Å². The van der Waals surface area contributed by atoms with E-state index in [-0.39, 0.29) is 50.4 Å². The van der Waals surface area contributed by atoms with Crippen molar-refractivity contribution in [1.29, 1.82) is 0 Å². The third-order valence-corrected chi connectivity index (χ3v) is 0. The van der Waals surface area contributed by atoms with Crippen LogP contribution in [0.4, 0.5) is 0 Å². The number of hydrogen-bond acceptors (Lipinski definition) is 6. The predicted molar refractivity (Wildman–Crippen MR) is 40.8 cm³/mol. The van der Waals surface area contributed by atoms with Crippen molar-refractivity contribution in [2.24, 2.45) is 0 Å². The molecule has 0 bridgehead atoms. The molecule has 0 aliphatic carbocycles. The van der Waals surface area contributed by atoms with Crippen molar-refractivity contribution >= 4 is 56.1 Å². The van der Waals surface area contributed by atoms with E-state index in [2.05, 4.69) is 0 Å². The molecule has 0 aromatic heterocycles. The van der Waals surface area contributed by atoms with Gasteiger partial charge in [-0.25, -0.2) is 0 Å². The fraction of sp³-hybridized carbons (Fsp3) is 0.400. The summed E-state index contributed by atoms with van der Waals surface area (Å²) < 4.78 is 0. The minimum atomic E-state index is -1.08. The first-order valence-electron chi connectivity index (χ1n) is 2.31. The van der Waals surface area contributed by atoms with Gasteiger partial charge in [0.2, 0.25) is 0 Å². The van der Waals surface area contributed by atoms with Crippen molar-refractivity contribution in [3.8, 4) is 0 Å². The molecule has 0 aromatic rings. The molecule has 0 aliphatic rings. The molecular weight excluding hydrogens is 210 g/mol. The number of carbonyl (C=O) groups excluding carboxylic acids is 2. The minimum absolute atomic E-state index is 0. The zero-order valence-electron chi connectivity index (χ0n) is 7.48. The normalized spacial score (nSPS) is 4.77. The molecule has 0 saturated carbocycles. The van der Waals surface area contributed by atoms with E-state index >= 15 is 0 Å². The van der Waals surface area contributed by atoms with E-state index < -0.39 is 11.9 Å². The van der Waals surface area contributed by atoms with Crippen molar-refractivity contribution in [3.63, 3.8) is 0 Å². The van der Waals surface area contributed by atoms with Crippen LogP contribution in [-0.2, 0) is 14.4 Å². The van der Waals surface area contributed by atoms with E-state index in [4.69, 9.17) is 29.7 Å². The molecular formula is C5H11CaNO6. The molecule has 0 amide bonds. The second-order valence-corrected chi connectivity index (χ2v) is 1.09. The Morgan fingerprint density at radius 3 is 1.15 bits per heavy atom. The zero-order valence-corrected chi connectivity index (χ0v) is 9.69. The maximum Gasteiger partial charge on any atom is 2.00 e. The van der Waals surface area contributed by atoms with Gasteiger partial charge in [-0.15, -0.1) is 0 Å². The van der Waals surface area contributed by atoms with E-state index in [0.717, 1.165) is 13.8 Å². The van der Waals surface area contributed by atoms with Gasteiger partial charge in [-0.3, -0.25) is 4.79 Å². The van der Waals surface area contributed by atoms with Crippen LogP contribution in [0, 0.1) is 0 Å². The van der Waals surface area contributed by atoms with Gasteiger partial charge in [0, 0.05) is 11.9 Å². The van der Waals surface area contributed by atoms with Gasteiger partial charge in [-0.1, -0.05) is 0 Å². The standard InChI is InChI=1S/2C2H4O2.CH2O2.Ca.H3N/c2*1-2(3)4;2-1-3;;/h2*1H3,(H,3,4);1H,(H,2,3);;1H3/q;;;+2;/p-2. The Labute approximate surface area is 105 Å². The van der Waals surface area contributed by atoms with Gasteiger partial charge in [-0.2, -0.15) is 0 Å². The summed E-state index contributed by atoms with van der Waals surface area (Å²) in [5.74, 6) is -2.17. The largest absolute Gasteiger partial charge is 2.00 e. The number of rotatable bonds is 0. The van der Waals surface area contributed by atoms with Crippen molar-refractivity contribution in [2.45, 2.75) is 13.8 Å². The molecule has 13 heavy (non-hydrogen) atoms. The van der Waals surface area contributed by atoms with E-state index in [1.54, 1.807) is 0 Å². The summed E-state index contributed by atoms with van der Waals surface area (Å²) in [6.07, 6.45) is 0. The number of aliphatic carboxylic acids is 2. The topological polar surface area (TPSA) is 153 Å². The van der Waals surface area contributed by atoms with Gasteiger partial charge in [0.25, 0.3) is 6.47 Å². The third kappa shape index (κ3) is 7870. The van der Waals surface area contributed by atoms with E-state index in [1.807, 2.05) is 0 Å². The number of carboxylic acid groups (broad SMARTS) is 3. The molecule has 0 unspecified atom stereocenters. The maximum absolute atomic E-state index is 8.89. The molecule has 0 spiro atoms. The predicted octanol–water partition coefficient (Wildman–Crippen LogP) is -3.01. The van der Waals surface area contributed by atoms with Crippen LogP contribution in [0.15, 0.2) is 0 Å². The smallest absolute Gasteiger partial charge is 0.550 e. The first kappa shape index (κ1) is 29.3. The van der Waals surface area contributed by atoms with Gasteiger partial charge in [-0.05, 0) is 13.8 Å². The molecule has 0 heterocycles. The number of carbonyl (C=O) groups is 3. The summed E-state index contributed by atoms with van der Waals surface area (Å²) in [6.45, 7) is 1.69. The fourth-order valence-corrected chi connectivity index (χ4v) is 0. The molecule has 0 atom stereocenters. The maximum atomic E-state index is 8.89. The Hall–Kier alpha value is -0.370. The van der Waals surface area contributed by atoms with E-state index in [1.165, 1.54) is 0 Å². The monoisotopic (exact) mass is 221 g/mol. The molecule has 0 rings (SSSR count). The molecule has 4 N–H and O–H groups in total. The van der Waals surface area contributed by atoms with Crippen molar-refractivity contribution in [1.82, 2.24) is 6.15 Å². The van der Waals surface area contributed by atoms with Gasteiger partial charge in [0.15, 0.2) is 0 Å². The van der Waals surface area contributed by atoms with Crippen LogP contribution in [0.3, 0.4) is 0 Å². The Bertz CT molecular complexity index is 108. The molecule has 74 valence electrons. The molecule has 0 radical (unpaired) electrons. The quantitative estimate of drug-likeness (QED) is 0.326. The summed E-state index contributed by atoms with van der Waals surface area (Å²) in [4.78, 5) is 26.1. The van der Waals surface area contributed by atoms with Crippen molar-refractivity contribution in [3.05, 3.63) is 0 Å². The average Bonchev–Trinajstić information content (AvgIpc) is 1.60. The fourth-order valence-electron chi connectivity index (χ4n) is 0. The second-order valence-electron chi connectivity index (χ2n) is 1.09. The van der Waals surface area contributed by atoms with Crippen LogP contribution in [-0.4, -0.2) is 61.3 Å². The second kappa shape index (κ2) is 29.9. The molecule has 7 nitrogen and oxygen atoms in total. The summed E-state index contributed by atoms with van der Waals surface area (Å²) in [6, 6.07) is 0. The Kier molecular flexibility index (Phi) is 67.5. The first-order valence-corrected chi connectivity index (χ1v) is 2.31. The van der Waals surface area contributed by atoms with Gasteiger partial charge in [0.05, 0.1) is 0 Å². The number of hydrogen-bond donors (Lipinski definition) is 2. The minimum Gasteiger partial charge on any atom is -0.550 e. The third-order valence-electron chi connectivity index (χ3n) is 0. The van der Waals surface area contributed by atoms with E-state index in [9.17, 15) is 0 Å². The summed E-state index contributed by atoms with van der Waals surface area (Å²) in [5.41, 5.74) is 0. The van der Waals surface area contributed by atoms with Crippen LogP contribution in [0.5, 0.6) is 0 Å². The average molecular weight is 221 g/mol. The Morgan fingerprint density at radius 1 is 1.15 bits per heavy atom. The van der Waals surface area contributed by atoms with Gasteiger partial charge >= 0.3 is 37.7 Å². The number of carboxylic acids is 2. The van der Waals surface area contributed by atoms with Crippen LogP contribution in [0.2, 0.25) is 0 Å². The summed E-state index contributed by atoms with van der Waals surface area (Å²) in [7, 11) is 0. The summed E-state index contributed by atoms with van der Waals surface area (Å²) in [5, 5.41) is 24.7. The molecule has 0 aliphatic heterocycles. The Balaban J connectivity index is -0.0000000231. The molecule has 0 saturated heterocycles. The van der Waals surface area contributed by atoms with Crippen LogP contribution < -0.4 is 16.4 Å². The summed E-state index contributed by atoms with van der Waals surface area (Å²) >= 11 is 0. The first-order chi connectivity index (χ1) is 4.88. The van der Waals surface area contributed by atoms with Crippen LogP contribution >= 0.6 is 0 Å². The van der Waals surface area contributed by atoms with Crippen LogP contribution in [0.25, 0.3) is 0 Å². The van der Waals surface area contributed by atoms with Crippen molar-refractivity contribution in [2.75, 3.05) is 0 Å². The molecule has 0 aromatic carbocycles. The SMILES string of the molecule is CC(=O)[O-].CC(=O)[O-].N.O=CO.[Ca+2]. The van der Waals surface area contributed by atoms with Gasteiger partial charge < -0.3 is 31.1 Å². The van der Waals surface area contributed by atoms with Crippen molar-refractivity contribution < 1.29 is 29.7 Å². The zero-order chi connectivity index (χ0) is 9.86.